The van der Waals surface area contributed by atoms with E-state index in [-0.39, 0.29) is 11.8 Å². The van der Waals surface area contributed by atoms with Crippen LogP contribution in [0.1, 0.15) is 18.5 Å². The van der Waals surface area contributed by atoms with Crippen molar-refractivity contribution in [2.75, 3.05) is 13.7 Å². The van der Waals surface area contributed by atoms with Gasteiger partial charge in [-0.25, -0.2) is 4.39 Å². The van der Waals surface area contributed by atoms with Crippen molar-refractivity contribution in [1.29, 1.82) is 0 Å². The van der Waals surface area contributed by atoms with Crippen molar-refractivity contribution < 1.29 is 22.3 Å². The summed E-state index contributed by atoms with van der Waals surface area (Å²) in [6.45, 7) is 0.308. The van der Waals surface area contributed by atoms with Gasteiger partial charge in [0.1, 0.15) is 0 Å². The maximum Gasteiger partial charge on any atom is 0.422 e. The maximum absolute atomic E-state index is 13.2. The van der Waals surface area contributed by atoms with Crippen molar-refractivity contribution in [2.45, 2.75) is 19.1 Å². The second-order valence-corrected chi connectivity index (χ2v) is 3.60. The fraction of sp³-hybridized carbons (Fsp3) is 0.455. The number of hydrogen-bond donors (Lipinski definition) is 1. The predicted molar refractivity (Wildman–Crippen MR) is 55.4 cm³/mol. The van der Waals surface area contributed by atoms with Gasteiger partial charge in [-0.1, -0.05) is 6.07 Å². The molecule has 0 aliphatic heterocycles. The standard InChI is InChI=1S/C11H13F4NO/c1-7(16-2)8-3-4-9(12)10(5-8)17-6-11(13,14)15/h3-5,7,16H,6H2,1-2H3/t7-/m1/s1. The Bertz CT molecular complexity index is 378. The summed E-state index contributed by atoms with van der Waals surface area (Å²) >= 11 is 0. The lowest BCUT2D eigenvalue weighted by atomic mass is 10.1. The molecule has 0 aliphatic rings. The Hall–Kier alpha value is -1.30. The zero-order valence-corrected chi connectivity index (χ0v) is 9.44. The highest BCUT2D eigenvalue weighted by Crippen LogP contribution is 2.24. The van der Waals surface area contributed by atoms with Crippen LogP contribution < -0.4 is 10.1 Å². The molecule has 6 heteroatoms. The van der Waals surface area contributed by atoms with E-state index in [0.29, 0.717) is 5.56 Å². The van der Waals surface area contributed by atoms with E-state index in [9.17, 15) is 17.6 Å². The van der Waals surface area contributed by atoms with E-state index in [4.69, 9.17) is 0 Å². The normalized spacial score (nSPS) is 13.5. The first-order valence-corrected chi connectivity index (χ1v) is 5.00. The van der Waals surface area contributed by atoms with Crippen molar-refractivity contribution in [2.24, 2.45) is 0 Å². The fourth-order valence-electron chi connectivity index (χ4n) is 1.23. The second kappa shape index (κ2) is 5.35. The van der Waals surface area contributed by atoms with Gasteiger partial charge in [0.05, 0.1) is 0 Å². The van der Waals surface area contributed by atoms with Crippen molar-refractivity contribution in [3.05, 3.63) is 29.6 Å². The Labute approximate surface area is 96.6 Å². The number of ether oxygens (including phenoxy) is 1. The van der Waals surface area contributed by atoms with Crippen LogP contribution in [0.15, 0.2) is 18.2 Å². The molecule has 0 aliphatic carbocycles. The minimum Gasteiger partial charge on any atom is -0.481 e. The average molecular weight is 251 g/mol. The summed E-state index contributed by atoms with van der Waals surface area (Å²) in [7, 11) is 1.70. The molecule has 0 saturated heterocycles. The van der Waals surface area contributed by atoms with Crippen LogP contribution in [0.25, 0.3) is 0 Å². The van der Waals surface area contributed by atoms with Gasteiger partial charge in [-0.15, -0.1) is 0 Å². The SMILES string of the molecule is CN[C@H](C)c1ccc(F)c(OCC(F)(F)F)c1. The molecule has 1 aromatic rings. The quantitative estimate of drug-likeness (QED) is 0.830. The third-order valence-electron chi connectivity index (χ3n) is 2.28. The maximum atomic E-state index is 13.2. The summed E-state index contributed by atoms with van der Waals surface area (Å²) in [5, 5.41) is 2.90. The van der Waals surface area contributed by atoms with Gasteiger partial charge < -0.3 is 10.1 Å². The van der Waals surface area contributed by atoms with Gasteiger partial charge in [-0.05, 0) is 31.7 Å². The number of hydrogen-bond acceptors (Lipinski definition) is 2. The van der Waals surface area contributed by atoms with Crippen LogP contribution in [0, 0.1) is 5.82 Å². The Morgan fingerprint density at radius 3 is 2.53 bits per heavy atom. The molecule has 1 N–H and O–H groups in total. The van der Waals surface area contributed by atoms with Crippen LogP contribution in [0.3, 0.4) is 0 Å². The molecule has 0 fully saturated rings. The highest BCUT2D eigenvalue weighted by Gasteiger charge is 2.29. The van der Waals surface area contributed by atoms with E-state index in [2.05, 4.69) is 10.1 Å². The highest BCUT2D eigenvalue weighted by molar-refractivity contribution is 5.32. The summed E-state index contributed by atoms with van der Waals surface area (Å²) in [4.78, 5) is 0. The Morgan fingerprint density at radius 2 is 2.00 bits per heavy atom. The minimum absolute atomic E-state index is 0.0937. The van der Waals surface area contributed by atoms with Gasteiger partial charge >= 0.3 is 6.18 Å². The lowest BCUT2D eigenvalue weighted by Gasteiger charge is -2.14. The van der Waals surface area contributed by atoms with Crippen molar-refractivity contribution in [1.82, 2.24) is 5.32 Å². The Balaban J connectivity index is 2.83. The molecule has 17 heavy (non-hydrogen) atoms. The van der Waals surface area contributed by atoms with Gasteiger partial charge in [-0.3, -0.25) is 0 Å². The van der Waals surface area contributed by atoms with Gasteiger partial charge in [-0.2, -0.15) is 13.2 Å². The number of halogens is 4. The molecule has 0 amide bonds. The monoisotopic (exact) mass is 251 g/mol. The number of alkyl halides is 3. The lowest BCUT2D eigenvalue weighted by Crippen LogP contribution is -2.20. The average Bonchev–Trinajstić information content (AvgIpc) is 2.26. The molecule has 0 radical (unpaired) electrons. The molecule has 1 atom stereocenters. The topological polar surface area (TPSA) is 21.3 Å². The molecule has 0 saturated carbocycles. The van der Waals surface area contributed by atoms with Crippen LogP contribution >= 0.6 is 0 Å². The van der Waals surface area contributed by atoms with Gasteiger partial charge in [0.25, 0.3) is 0 Å². The molecule has 2 nitrogen and oxygen atoms in total. The molecule has 1 aromatic carbocycles. The summed E-state index contributed by atoms with van der Waals surface area (Å²) in [5.74, 6) is -1.19. The molecule has 0 spiro atoms. The zero-order valence-electron chi connectivity index (χ0n) is 9.44. The van der Waals surface area contributed by atoms with Crippen LogP contribution in [-0.2, 0) is 0 Å². The molecular weight excluding hydrogens is 238 g/mol. The summed E-state index contributed by atoms with van der Waals surface area (Å²) < 4.78 is 53.4. The van der Waals surface area contributed by atoms with Crippen LogP contribution in [0.5, 0.6) is 5.75 Å². The van der Waals surface area contributed by atoms with E-state index in [1.165, 1.54) is 12.1 Å². The molecule has 0 unspecified atom stereocenters. The summed E-state index contributed by atoms with van der Waals surface area (Å²) in [5.41, 5.74) is 0.658. The summed E-state index contributed by atoms with van der Waals surface area (Å²) in [6.07, 6.45) is -4.48. The number of benzene rings is 1. The highest BCUT2D eigenvalue weighted by atomic mass is 19.4. The largest absolute Gasteiger partial charge is 0.481 e. The lowest BCUT2D eigenvalue weighted by molar-refractivity contribution is -0.153. The van der Waals surface area contributed by atoms with E-state index in [0.717, 1.165) is 6.07 Å². The van der Waals surface area contributed by atoms with E-state index < -0.39 is 18.6 Å². The number of nitrogens with one attached hydrogen (secondary N) is 1. The predicted octanol–water partition coefficient (Wildman–Crippen LogP) is 3.05. The fourth-order valence-corrected chi connectivity index (χ4v) is 1.23. The number of rotatable bonds is 4. The van der Waals surface area contributed by atoms with Gasteiger partial charge in [0, 0.05) is 6.04 Å². The molecule has 0 aromatic heterocycles. The molecule has 0 heterocycles. The van der Waals surface area contributed by atoms with Gasteiger partial charge in [0.2, 0.25) is 0 Å². The van der Waals surface area contributed by atoms with Crippen LogP contribution in [0.4, 0.5) is 17.6 Å². The van der Waals surface area contributed by atoms with E-state index >= 15 is 0 Å². The van der Waals surface area contributed by atoms with Crippen molar-refractivity contribution in [3.63, 3.8) is 0 Å². The van der Waals surface area contributed by atoms with Crippen LogP contribution in [0.2, 0.25) is 0 Å². The van der Waals surface area contributed by atoms with Crippen molar-refractivity contribution in [3.8, 4) is 5.75 Å². The first kappa shape index (κ1) is 13.8. The molecular formula is C11H13F4NO. The second-order valence-electron chi connectivity index (χ2n) is 3.60. The first-order valence-electron chi connectivity index (χ1n) is 5.00. The van der Waals surface area contributed by atoms with Crippen LogP contribution in [-0.4, -0.2) is 19.8 Å². The first-order chi connectivity index (χ1) is 7.83. The molecule has 96 valence electrons. The van der Waals surface area contributed by atoms with Gasteiger partial charge in [0.15, 0.2) is 18.2 Å². The van der Waals surface area contributed by atoms with E-state index in [1.54, 1.807) is 14.0 Å². The smallest absolute Gasteiger partial charge is 0.422 e. The Kier molecular flexibility index (Phi) is 4.34. The Morgan fingerprint density at radius 1 is 1.35 bits per heavy atom. The third kappa shape index (κ3) is 4.22. The van der Waals surface area contributed by atoms with Crippen molar-refractivity contribution >= 4 is 0 Å². The zero-order chi connectivity index (χ0) is 13.1. The third-order valence-corrected chi connectivity index (χ3v) is 2.28. The molecule has 0 bridgehead atoms. The summed E-state index contributed by atoms with van der Waals surface area (Å²) in [6, 6.07) is 3.76. The molecule has 1 rings (SSSR count). The minimum atomic E-state index is -4.48. The van der Waals surface area contributed by atoms with E-state index in [1.807, 2.05) is 0 Å².